The van der Waals surface area contributed by atoms with Crippen LogP contribution in [0.4, 0.5) is 0 Å². The van der Waals surface area contributed by atoms with E-state index in [1.165, 1.54) is 38.3 Å². The van der Waals surface area contributed by atoms with Crippen molar-refractivity contribution in [1.82, 2.24) is 9.80 Å². The second-order valence-electron chi connectivity index (χ2n) is 4.61. The molecule has 2 heterocycles. The van der Waals surface area contributed by atoms with E-state index in [1.54, 1.807) is 6.07 Å². The maximum Gasteiger partial charge on any atom is 0.290 e. The number of hydrogen-bond acceptors (Lipinski definition) is 5. The lowest BCUT2D eigenvalue weighted by Gasteiger charge is -2.17. The molecule has 6 nitrogen and oxygen atoms in total. The maximum absolute atomic E-state index is 8.37. The van der Waals surface area contributed by atoms with Crippen LogP contribution in [0, 0.1) is 0 Å². The van der Waals surface area contributed by atoms with Crippen LogP contribution in [0.1, 0.15) is 31.7 Å². The van der Waals surface area contributed by atoms with Gasteiger partial charge in [0.25, 0.3) is 6.47 Å². The van der Waals surface area contributed by atoms with E-state index >= 15 is 0 Å². The number of hydrogen-bond donors (Lipinski definition) is 2. The highest BCUT2D eigenvalue weighted by Gasteiger charge is 2.06. The van der Waals surface area contributed by atoms with Crippen LogP contribution in [-0.4, -0.2) is 46.7 Å². The summed E-state index contributed by atoms with van der Waals surface area (Å²) in [5, 5.41) is 15.3. The maximum atomic E-state index is 8.37. The van der Waals surface area contributed by atoms with Gasteiger partial charge in [0.05, 0.1) is 25.8 Å². The molecule has 120 valence electrons. The van der Waals surface area contributed by atoms with Crippen LogP contribution in [0.3, 0.4) is 0 Å². The predicted molar refractivity (Wildman–Crippen MR) is 81.3 cm³/mol. The molecule has 2 rings (SSSR count). The number of rotatable bonds is 5. The standard InChI is InChI=1S/C9H18N2.C5H6O2.CH2O2/c1-3-4-5-6-11-8-7-10(2)9-11;6-3-5-1-2-7-4-5;2-1-3/h7-8H,3-6,9H2,1-2H3;1-2,4,6H,3H2;1H,(H,2,3). The molecule has 1 aliphatic rings. The fraction of sp³-hybridized carbons (Fsp3) is 0.533. The van der Waals surface area contributed by atoms with Gasteiger partial charge >= 0.3 is 0 Å². The molecule has 6 heteroatoms. The zero-order chi connectivity index (χ0) is 15.9. The Labute approximate surface area is 126 Å². The first-order chi connectivity index (χ1) is 10.2. The summed E-state index contributed by atoms with van der Waals surface area (Å²) >= 11 is 0. The number of furan rings is 1. The molecule has 0 spiro atoms. The monoisotopic (exact) mass is 298 g/mol. The molecule has 0 fully saturated rings. The summed E-state index contributed by atoms with van der Waals surface area (Å²) < 4.78 is 4.65. The first-order valence-electron chi connectivity index (χ1n) is 7.00. The molecule has 2 N–H and O–H groups in total. The van der Waals surface area contributed by atoms with Gasteiger partial charge in [-0.2, -0.15) is 0 Å². The molecular weight excluding hydrogens is 272 g/mol. The van der Waals surface area contributed by atoms with Crippen LogP contribution >= 0.6 is 0 Å². The molecule has 0 amide bonds. The zero-order valence-corrected chi connectivity index (χ0v) is 12.8. The van der Waals surface area contributed by atoms with Crippen molar-refractivity contribution in [2.45, 2.75) is 32.8 Å². The molecule has 0 aliphatic carbocycles. The van der Waals surface area contributed by atoms with Crippen molar-refractivity contribution in [3.8, 4) is 0 Å². The lowest BCUT2D eigenvalue weighted by molar-refractivity contribution is -0.122. The first kappa shape index (κ1) is 19.1. The molecular formula is C15H26N2O4. The Bertz CT molecular complexity index is 366. The van der Waals surface area contributed by atoms with Crippen LogP contribution in [0.25, 0.3) is 0 Å². The number of nitrogens with zero attached hydrogens (tertiary/aromatic N) is 2. The number of aliphatic hydroxyl groups excluding tert-OH is 1. The lowest BCUT2D eigenvalue weighted by Crippen LogP contribution is -2.23. The fourth-order valence-electron chi connectivity index (χ4n) is 1.68. The average molecular weight is 298 g/mol. The third kappa shape index (κ3) is 10.5. The minimum atomic E-state index is -0.250. The van der Waals surface area contributed by atoms with Gasteiger partial charge in [0.2, 0.25) is 0 Å². The van der Waals surface area contributed by atoms with Gasteiger partial charge in [-0.25, -0.2) is 0 Å². The number of aliphatic hydroxyl groups is 1. The van der Waals surface area contributed by atoms with Crippen molar-refractivity contribution in [2.75, 3.05) is 20.3 Å². The Morgan fingerprint density at radius 3 is 2.48 bits per heavy atom. The Morgan fingerprint density at radius 1 is 1.38 bits per heavy atom. The highest BCUT2D eigenvalue weighted by molar-refractivity contribution is 5.32. The van der Waals surface area contributed by atoms with Crippen molar-refractivity contribution in [1.29, 1.82) is 0 Å². The molecule has 0 unspecified atom stereocenters. The van der Waals surface area contributed by atoms with E-state index in [4.69, 9.17) is 15.0 Å². The van der Waals surface area contributed by atoms with Crippen LogP contribution in [0.15, 0.2) is 35.4 Å². The molecule has 0 saturated carbocycles. The molecule has 1 aliphatic heterocycles. The van der Waals surface area contributed by atoms with Crippen molar-refractivity contribution in [3.05, 3.63) is 36.6 Å². The summed E-state index contributed by atoms with van der Waals surface area (Å²) in [6.45, 7) is 4.35. The molecule has 0 bridgehead atoms. The van der Waals surface area contributed by atoms with Crippen molar-refractivity contribution in [3.63, 3.8) is 0 Å². The predicted octanol–water partition coefficient (Wildman–Crippen LogP) is 2.33. The van der Waals surface area contributed by atoms with Gasteiger partial charge in [0.15, 0.2) is 0 Å². The number of carboxylic acid groups (broad SMARTS) is 1. The molecule has 0 radical (unpaired) electrons. The molecule has 21 heavy (non-hydrogen) atoms. The van der Waals surface area contributed by atoms with E-state index in [0.717, 1.165) is 12.2 Å². The van der Waals surface area contributed by atoms with Crippen LogP contribution in [0.2, 0.25) is 0 Å². The van der Waals surface area contributed by atoms with Crippen molar-refractivity contribution in [2.24, 2.45) is 0 Å². The normalized spacial score (nSPS) is 12.3. The largest absolute Gasteiger partial charge is 0.483 e. The Kier molecular flexibility index (Phi) is 11.8. The van der Waals surface area contributed by atoms with Gasteiger partial charge in [-0.1, -0.05) is 19.8 Å². The quantitative estimate of drug-likeness (QED) is 0.642. The van der Waals surface area contributed by atoms with Crippen LogP contribution < -0.4 is 0 Å². The second kappa shape index (κ2) is 13.1. The minimum absolute atomic E-state index is 0.0660. The van der Waals surface area contributed by atoms with E-state index in [2.05, 4.69) is 40.6 Å². The van der Waals surface area contributed by atoms with Gasteiger partial charge in [0, 0.05) is 31.6 Å². The summed E-state index contributed by atoms with van der Waals surface area (Å²) in [7, 11) is 2.11. The second-order valence-corrected chi connectivity index (χ2v) is 4.61. The molecule has 0 aromatic carbocycles. The summed E-state index contributed by atoms with van der Waals surface area (Å²) in [5.41, 5.74) is 0.819. The van der Waals surface area contributed by atoms with Gasteiger partial charge in [-0.15, -0.1) is 0 Å². The van der Waals surface area contributed by atoms with Gasteiger partial charge in [-0.3, -0.25) is 4.79 Å². The average Bonchev–Trinajstić information content (AvgIpc) is 3.12. The molecule has 0 saturated heterocycles. The SMILES string of the molecule is CCCCCN1C=CN(C)C1.O=CO.OCc1ccoc1. The van der Waals surface area contributed by atoms with Crippen molar-refractivity contribution >= 4 is 6.47 Å². The van der Waals surface area contributed by atoms with Crippen LogP contribution in [0.5, 0.6) is 0 Å². The number of carbonyl (C=O) groups is 1. The number of unbranched alkanes of at least 4 members (excludes halogenated alkanes) is 2. The smallest absolute Gasteiger partial charge is 0.290 e. The minimum Gasteiger partial charge on any atom is -0.483 e. The Morgan fingerprint density at radius 2 is 2.10 bits per heavy atom. The third-order valence-corrected chi connectivity index (χ3v) is 2.75. The van der Waals surface area contributed by atoms with E-state index < -0.39 is 0 Å². The molecule has 1 aromatic heterocycles. The Hall–Kier alpha value is -1.95. The van der Waals surface area contributed by atoms with E-state index in [-0.39, 0.29) is 13.1 Å². The van der Waals surface area contributed by atoms with Gasteiger partial charge in [0.1, 0.15) is 0 Å². The highest BCUT2D eigenvalue weighted by Crippen LogP contribution is 2.05. The Balaban J connectivity index is 0.000000342. The summed E-state index contributed by atoms with van der Waals surface area (Å²) in [6.07, 6.45) is 11.4. The van der Waals surface area contributed by atoms with Crippen molar-refractivity contribution < 1.29 is 19.4 Å². The van der Waals surface area contributed by atoms with E-state index in [9.17, 15) is 0 Å². The summed E-state index contributed by atoms with van der Waals surface area (Å²) in [6, 6.07) is 1.72. The zero-order valence-electron chi connectivity index (χ0n) is 12.8. The van der Waals surface area contributed by atoms with E-state index in [0.29, 0.717) is 0 Å². The van der Waals surface area contributed by atoms with Gasteiger partial charge < -0.3 is 24.4 Å². The molecule has 1 aromatic rings. The highest BCUT2D eigenvalue weighted by atomic mass is 16.3. The third-order valence-electron chi connectivity index (χ3n) is 2.75. The summed E-state index contributed by atoms with van der Waals surface area (Å²) in [4.78, 5) is 12.9. The fourth-order valence-corrected chi connectivity index (χ4v) is 1.68. The topological polar surface area (TPSA) is 77.2 Å². The van der Waals surface area contributed by atoms with Gasteiger partial charge in [-0.05, 0) is 12.5 Å². The summed E-state index contributed by atoms with van der Waals surface area (Å²) in [5.74, 6) is 0. The van der Waals surface area contributed by atoms with E-state index in [1.807, 2.05) is 0 Å². The molecule has 0 atom stereocenters. The lowest BCUT2D eigenvalue weighted by atomic mass is 10.2. The first-order valence-corrected chi connectivity index (χ1v) is 7.00. The van der Waals surface area contributed by atoms with Crippen LogP contribution in [-0.2, 0) is 11.4 Å².